The van der Waals surface area contributed by atoms with Gasteiger partial charge in [0.2, 0.25) is 0 Å². The fourth-order valence-electron chi connectivity index (χ4n) is 1.82. The van der Waals surface area contributed by atoms with Crippen LogP contribution in [0.3, 0.4) is 0 Å². The van der Waals surface area contributed by atoms with Gasteiger partial charge in [-0.15, -0.1) is 5.10 Å². The van der Waals surface area contributed by atoms with Crippen molar-refractivity contribution in [3.8, 4) is 0 Å². The summed E-state index contributed by atoms with van der Waals surface area (Å²) < 4.78 is 24.0. The largest absolute Gasteiger partial charge is 0.481 e. The first-order valence-electron chi connectivity index (χ1n) is 5.11. The fraction of sp³-hybridized carbons (Fsp3) is 0.625. The van der Waals surface area contributed by atoms with Crippen molar-refractivity contribution in [2.24, 2.45) is 0 Å². The summed E-state index contributed by atoms with van der Waals surface area (Å²) in [6.45, 7) is 0. The zero-order valence-electron chi connectivity index (χ0n) is 9.20. The number of H-pyrrole nitrogens is 1. The molecule has 1 aliphatic rings. The Morgan fingerprint density at radius 2 is 2.33 bits per heavy atom. The molecule has 1 aromatic rings. The number of hydrogen-bond acceptors (Lipinski definition) is 6. The van der Waals surface area contributed by atoms with E-state index in [0.29, 0.717) is 6.42 Å². The molecular formula is C8H11N3O5S2. The predicted molar refractivity (Wildman–Crippen MR) is 63.5 cm³/mol. The second-order valence-corrected chi connectivity index (χ2v) is 7.09. The average Bonchev–Trinajstić information content (AvgIpc) is 2.78. The minimum atomic E-state index is -3.11. The van der Waals surface area contributed by atoms with Crippen molar-refractivity contribution in [2.75, 3.05) is 17.3 Å². The number of sulfone groups is 1. The van der Waals surface area contributed by atoms with Gasteiger partial charge in [-0.25, -0.2) is 18.3 Å². The van der Waals surface area contributed by atoms with E-state index in [1.807, 2.05) is 0 Å². The predicted octanol–water partition coefficient (Wildman–Crippen LogP) is -0.892. The number of carbonyl (C=O) groups is 1. The lowest BCUT2D eigenvalue weighted by atomic mass is 10.3. The molecule has 8 nitrogen and oxygen atoms in total. The van der Waals surface area contributed by atoms with E-state index in [1.165, 1.54) is 4.57 Å². The third-order valence-electron chi connectivity index (χ3n) is 2.57. The number of nitrogens with one attached hydrogen (secondary N) is 1. The summed E-state index contributed by atoms with van der Waals surface area (Å²) in [5, 5.41) is 14.7. The Morgan fingerprint density at radius 1 is 1.61 bits per heavy atom. The molecule has 1 atom stereocenters. The summed E-state index contributed by atoms with van der Waals surface area (Å²) in [7, 11) is -3.11. The zero-order valence-corrected chi connectivity index (χ0v) is 10.8. The van der Waals surface area contributed by atoms with E-state index in [9.17, 15) is 18.0 Å². The smallest absolute Gasteiger partial charge is 0.344 e. The van der Waals surface area contributed by atoms with Gasteiger partial charge in [0.15, 0.2) is 15.0 Å². The van der Waals surface area contributed by atoms with E-state index in [1.54, 1.807) is 0 Å². The SMILES string of the molecule is O=C(O)CSc1n[nH]c(=O)n1C1CCS(=O)(=O)C1. The summed E-state index contributed by atoms with van der Waals surface area (Å²) >= 11 is 0.889. The quantitative estimate of drug-likeness (QED) is 0.690. The molecule has 2 rings (SSSR count). The molecule has 0 aliphatic carbocycles. The summed E-state index contributed by atoms with van der Waals surface area (Å²) in [5.74, 6) is -1.32. The van der Waals surface area contributed by atoms with Crippen LogP contribution in [0.15, 0.2) is 9.95 Å². The van der Waals surface area contributed by atoms with Gasteiger partial charge in [-0.2, -0.15) is 0 Å². The maximum atomic E-state index is 11.6. The summed E-state index contributed by atoms with van der Waals surface area (Å²) in [5.41, 5.74) is -0.509. The Morgan fingerprint density at radius 3 is 2.89 bits per heavy atom. The van der Waals surface area contributed by atoms with Crippen LogP contribution in [0.1, 0.15) is 12.5 Å². The van der Waals surface area contributed by atoms with E-state index in [0.717, 1.165) is 11.8 Å². The van der Waals surface area contributed by atoms with Crippen LogP contribution in [-0.4, -0.2) is 51.5 Å². The molecule has 1 saturated heterocycles. The van der Waals surface area contributed by atoms with Crippen LogP contribution in [0, 0.1) is 0 Å². The Hall–Kier alpha value is -1.29. The second-order valence-electron chi connectivity index (χ2n) is 3.92. The summed E-state index contributed by atoms with van der Waals surface area (Å²) in [6, 6.07) is -0.461. The molecule has 0 bridgehead atoms. The molecule has 1 aromatic heterocycles. The highest BCUT2D eigenvalue weighted by atomic mass is 32.2. The number of thioether (sulfide) groups is 1. The van der Waals surface area contributed by atoms with E-state index in [2.05, 4.69) is 10.2 Å². The number of carboxylic acid groups (broad SMARTS) is 1. The van der Waals surface area contributed by atoms with Crippen molar-refractivity contribution in [3.05, 3.63) is 10.5 Å². The van der Waals surface area contributed by atoms with Gasteiger partial charge in [0.25, 0.3) is 0 Å². The van der Waals surface area contributed by atoms with Crippen molar-refractivity contribution in [3.63, 3.8) is 0 Å². The molecule has 0 amide bonds. The van der Waals surface area contributed by atoms with Crippen LogP contribution in [0.4, 0.5) is 0 Å². The third-order valence-corrected chi connectivity index (χ3v) is 5.26. The molecule has 0 radical (unpaired) electrons. The van der Waals surface area contributed by atoms with Crippen molar-refractivity contribution in [1.82, 2.24) is 14.8 Å². The molecule has 1 unspecified atom stereocenters. The lowest BCUT2D eigenvalue weighted by molar-refractivity contribution is -0.133. The Bertz CT molecular complexity index is 617. The van der Waals surface area contributed by atoms with Gasteiger partial charge in [0.05, 0.1) is 23.3 Å². The minimum absolute atomic E-state index is 0.0400. The first kappa shape index (κ1) is 13.1. The van der Waals surface area contributed by atoms with Crippen LogP contribution in [0.2, 0.25) is 0 Å². The van der Waals surface area contributed by atoms with Gasteiger partial charge >= 0.3 is 11.7 Å². The number of aliphatic carboxylic acids is 1. The highest BCUT2D eigenvalue weighted by Crippen LogP contribution is 2.26. The van der Waals surface area contributed by atoms with Crippen LogP contribution in [0.5, 0.6) is 0 Å². The number of nitrogens with zero attached hydrogens (tertiary/aromatic N) is 2. The van der Waals surface area contributed by atoms with Gasteiger partial charge < -0.3 is 5.11 Å². The Balaban J connectivity index is 2.25. The third kappa shape index (κ3) is 2.75. The highest BCUT2D eigenvalue weighted by Gasteiger charge is 2.32. The maximum absolute atomic E-state index is 11.6. The molecular weight excluding hydrogens is 282 g/mol. The van der Waals surface area contributed by atoms with Gasteiger partial charge in [-0.1, -0.05) is 11.8 Å². The molecule has 0 saturated carbocycles. The second kappa shape index (κ2) is 4.76. The number of rotatable bonds is 4. The molecule has 1 aliphatic heterocycles. The zero-order chi connectivity index (χ0) is 13.3. The number of carboxylic acids is 1. The van der Waals surface area contributed by atoms with E-state index >= 15 is 0 Å². The molecule has 2 heterocycles. The molecule has 1 fully saturated rings. The monoisotopic (exact) mass is 293 g/mol. The minimum Gasteiger partial charge on any atom is -0.481 e. The first-order chi connectivity index (χ1) is 8.39. The fourth-order valence-corrected chi connectivity index (χ4v) is 4.25. The van der Waals surface area contributed by atoms with Crippen molar-refractivity contribution in [2.45, 2.75) is 17.6 Å². The molecule has 10 heteroatoms. The van der Waals surface area contributed by atoms with Crippen LogP contribution in [0.25, 0.3) is 0 Å². The maximum Gasteiger partial charge on any atom is 0.344 e. The topological polar surface area (TPSA) is 122 Å². The lowest BCUT2D eigenvalue weighted by Crippen LogP contribution is -2.24. The number of aromatic nitrogens is 3. The molecule has 100 valence electrons. The Labute approximate surface area is 106 Å². The van der Waals surface area contributed by atoms with Crippen LogP contribution >= 0.6 is 11.8 Å². The molecule has 18 heavy (non-hydrogen) atoms. The van der Waals surface area contributed by atoms with Crippen LogP contribution in [-0.2, 0) is 14.6 Å². The summed E-state index contributed by atoms with van der Waals surface area (Å²) in [6.07, 6.45) is 0.350. The van der Waals surface area contributed by atoms with E-state index in [4.69, 9.17) is 5.11 Å². The van der Waals surface area contributed by atoms with Gasteiger partial charge in [0, 0.05) is 0 Å². The molecule has 0 aromatic carbocycles. The van der Waals surface area contributed by atoms with Gasteiger partial charge in [-0.3, -0.25) is 9.36 Å². The normalized spacial score (nSPS) is 22.1. The van der Waals surface area contributed by atoms with Crippen molar-refractivity contribution in [1.29, 1.82) is 0 Å². The van der Waals surface area contributed by atoms with Crippen molar-refractivity contribution >= 4 is 27.6 Å². The Kier molecular flexibility index (Phi) is 3.48. The van der Waals surface area contributed by atoms with Crippen LogP contribution < -0.4 is 5.69 Å². The average molecular weight is 293 g/mol. The molecule has 2 N–H and O–H groups in total. The lowest BCUT2D eigenvalue weighted by Gasteiger charge is -2.10. The van der Waals surface area contributed by atoms with E-state index in [-0.39, 0.29) is 22.4 Å². The first-order valence-corrected chi connectivity index (χ1v) is 7.91. The molecule has 0 spiro atoms. The number of aromatic amines is 1. The highest BCUT2D eigenvalue weighted by molar-refractivity contribution is 7.99. The van der Waals surface area contributed by atoms with E-state index < -0.39 is 27.5 Å². The standard InChI is InChI=1S/C8H11N3O5S2/c12-6(13)3-17-8-10-9-7(14)11(8)5-1-2-18(15,16)4-5/h5H,1-4H2,(H,9,14)(H,12,13). The number of hydrogen-bond donors (Lipinski definition) is 2. The summed E-state index contributed by atoms with van der Waals surface area (Å²) in [4.78, 5) is 22.0. The van der Waals surface area contributed by atoms with Crippen molar-refractivity contribution < 1.29 is 18.3 Å². The van der Waals surface area contributed by atoms with Gasteiger partial charge in [-0.05, 0) is 6.42 Å². The van der Waals surface area contributed by atoms with Gasteiger partial charge in [0.1, 0.15) is 0 Å².